The van der Waals surface area contributed by atoms with E-state index in [0.717, 1.165) is 24.7 Å². The number of nitrogens with two attached hydrogens (primary N) is 1. The highest BCUT2D eigenvalue weighted by atomic mass is 19.4. The average Bonchev–Trinajstić information content (AvgIpc) is 3.04. The molecule has 2 aliphatic rings. The molecule has 0 radical (unpaired) electrons. The van der Waals surface area contributed by atoms with Gasteiger partial charge in [-0.2, -0.15) is 18.3 Å². The summed E-state index contributed by atoms with van der Waals surface area (Å²) in [6.45, 7) is 6.85. The van der Waals surface area contributed by atoms with Crippen molar-refractivity contribution >= 4 is 17.3 Å². The summed E-state index contributed by atoms with van der Waals surface area (Å²) >= 11 is 0. The summed E-state index contributed by atoms with van der Waals surface area (Å²) in [7, 11) is 1.99. The molecule has 9 nitrogen and oxygen atoms in total. The molecule has 46 heavy (non-hydrogen) atoms. The predicted molar refractivity (Wildman–Crippen MR) is 172 cm³/mol. The number of allylic oxidation sites excluding steroid dienone is 2. The van der Waals surface area contributed by atoms with Gasteiger partial charge in [0.05, 0.1) is 28.6 Å². The maximum atomic E-state index is 14.1. The van der Waals surface area contributed by atoms with Gasteiger partial charge in [0.2, 0.25) is 0 Å². The second-order valence-electron chi connectivity index (χ2n) is 11.2. The second-order valence-corrected chi connectivity index (χ2v) is 11.2. The zero-order valence-corrected chi connectivity index (χ0v) is 25.8. The number of likely N-dealkylation sites (N-methyl/N-ethyl adjacent to an activating group) is 1. The molecule has 12 heteroatoms. The number of nitrogens with zero attached hydrogens (tertiary/aromatic N) is 6. The number of benzene rings is 1. The summed E-state index contributed by atoms with van der Waals surface area (Å²) in [5.74, 6) is 5.46. The molecule has 0 aliphatic carbocycles. The number of nitrogens with one attached hydrogen (secondary N) is 1. The minimum atomic E-state index is -4.57. The molecule has 1 saturated heterocycles. The van der Waals surface area contributed by atoms with Crippen molar-refractivity contribution in [1.29, 1.82) is 0 Å². The van der Waals surface area contributed by atoms with E-state index in [9.17, 15) is 18.0 Å². The van der Waals surface area contributed by atoms with Crippen LogP contribution in [0.25, 0.3) is 0 Å². The van der Waals surface area contributed by atoms with Crippen molar-refractivity contribution in [3.8, 4) is 11.8 Å². The Labute approximate surface area is 266 Å². The van der Waals surface area contributed by atoms with Crippen LogP contribution in [0.3, 0.4) is 0 Å². The fourth-order valence-electron chi connectivity index (χ4n) is 5.09. The van der Waals surface area contributed by atoms with Gasteiger partial charge in [-0.1, -0.05) is 18.1 Å². The van der Waals surface area contributed by atoms with Gasteiger partial charge in [-0.05, 0) is 68.8 Å². The minimum absolute atomic E-state index is 0.0374. The van der Waals surface area contributed by atoms with E-state index in [1.54, 1.807) is 30.4 Å². The Morgan fingerprint density at radius 1 is 1.15 bits per heavy atom. The molecule has 0 bridgehead atoms. The van der Waals surface area contributed by atoms with Crippen molar-refractivity contribution in [2.45, 2.75) is 32.6 Å². The molecule has 1 atom stereocenters. The summed E-state index contributed by atoms with van der Waals surface area (Å²) in [6, 6.07) is 9.06. The quantitative estimate of drug-likeness (QED) is 0.384. The Bertz CT molecular complexity index is 1730. The summed E-state index contributed by atoms with van der Waals surface area (Å²) in [4.78, 5) is 25.8. The largest absolute Gasteiger partial charge is 0.416 e. The van der Waals surface area contributed by atoms with Gasteiger partial charge >= 0.3 is 6.18 Å². The van der Waals surface area contributed by atoms with Crippen LogP contribution < -0.4 is 11.1 Å². The smallest absolute Gasteiger partial charge is 0.402 e. The molecule has 4 heterocycles. The van der Waals surface area contributed by atoms with Crippen molar-refractivity contribution in [3.05, 3.63) is 113 Å². The van der Waals surface area contributed by atoms with Gasteiger partial charge in [-0.3, -0.25) is 19.7 Å². The standard InChI is InChI=1S/C34H35F3N8O/c1-23-6-11-32(26-5-4-12-39-20-26)42-45(23)30(19-38)10-8-25-17-28(21-40-24(25)2)33(46)41-29-9-7-27(31(18-29)34(35,36)37)22-44-15-13-43(3)14-16-44/h4-7,9,11-12,17-21,23H,13-16,22,38H2,1-3H3,(H,41,46)/b30-19-. The van der Waals surface area contributed by atoms with Crippen LogP contribution in [0.2, 0.25) is 0 Å². The van der Waals surface area contributed by atoms with E-state index in [0.29, 0.717) is 35.8 Å². The number of carbonyl (C=O) groups is 1. The average molecular weight is 629 g/mol. The van der Waals surface area contributed by atoms with Crippen LogP contribution in [0.4, 0.5) is 18.9 Å². The van der Waals surface area contributed by atoms with Gasteiger partial charge in [0.25, 0.3) is 5.91 Å². The van der Waals surface area contributed by atoms with E-state index in [1.807, 2.05) is 43.2 Å². The molecule has 0 saturated carbocycles. The van der Waals surface area contributed by atoms with Crippen LogP contribution >= 0.6 is 0 Å². The number of aromatic nitrogens is 2. The van der Waals surface area contributed by atoms with E-state index < -0.39 is 17.6 Å². The molecule has 1 amide bonds. The highest BCUT2D eigenvalue weighted by Gasteiger charge is 2.34. The number of amides is 1. The number of hydrogen-bond acceptors (Lipinski definition) is 8. The van der Waals surface area contributed by atoms with Crippen LogP contribution in [0.1, 0.15) is 45.2 Å². The Balaban J connectivity index is 1.33. The van der Waals surface area contributed by atoms with E-state index in [2.05, 4.69) is 32.0 Å². The first kappa shape index (κ1) is 32.4. The summed E-state index contributed by atoms with van der Waals surface area (Å²) in [5, 5.41) is 8.99. The lowest BCUT2D eigenvalue weighted by Crippen LogP contribution is -2.44. The van der Waals surface area contributed by atoms with Gasteiger partial charge in [0.15, 0.2) is 0 Å². The van der Waals surface area contributed by atoms with Crippen LogP contribution in [0.5, 0.6) is 0 Å². The van der Waals surface area contributed by atoms with Crippen molar-refractivity contribution in [2.75, 3.05) is 38.5 Å². The molecular weight excluding hydrogens is 593 g/mol. The zero-order valence-electron chi connectivity index (χ0n) is 25.8. The van der Waals surface area contributed by atoms with Gasteiger partial charge in [-0.25, -0.2) is 5.01 Å². The maximum Gasteiger partial charge on any atom is 0.416 e. The normalized spacial score (nSPS) is 17.7. The van der Waals surface area contributed by atoms with Gasteiger partial charge in [0.1, 0.15) is 5.70 Å². The fraction of sp³-hybridized carbons (Fsp3) is 0.294. The van der Waals surface area contributed by atoms with E-state index >= 15 is 0 Å². The van der Waals surface area contributed by atoms with Gasteiger partial charge < -0.3 is 16.0 Å². The number of anilines is 1. The highest BCUT2D eigenvalue weighted by Crippen LogP contribution is 2.35. The number of alkyl halides is 3. The van der Waals surface area contributed by atoms with Crippen LogP contribution in [-0.4, -0.2) is 75.7 Å². The molecule has 3 aromatic rings. The van der Waals surface area contributed by atoms with Crippen molar-refractivity contribution in [2.24, 2.45) is 10.8 Å². The van der Waals surface area contributed by atoms with Crippen molar-refractivity contribution < 1.29 is 18.0 Å². The van der Waals surface area contributed by atoms with Crippen LogP contribution in [0, 0.1) is 18.8 Å². The molecule has 1 fully saturated rings. The number of rotatable bonds is 6. The number of hydrazone groups is 1. The molecule has 0 spiro atoms. The van der Waals surface area contributed by atoms with Crippen LogP contribution in [-0.2, 0) is 12.7 Å². The highest BCUT2D eigenvalue weighted by molar-refractivity contribution is 6.08. The first-order valence-corrected chi connectivity index (χ1v) is 14.8. The number of aryl methyl sites for hydroxylation is 1. The topological polar surface area (TPSA) is 103 Å². The van der Waals surface area contributed by atoms with E-state index in [-0.39, 0.29) is 29.4 Å². The SMILES string of the molecule is Cc1ncc(C(=O)Nc2ccc(CN3CCN(C)CC3)c(C(F)(F)F)c2)cc1C#C/C(=C/N)N1N=C(c2cccnc2)C=CC1C. The third-order valence-electron chi connectivity index (χ3n) is 7.83. The maximum absolute atomic E-state index is 14.1. The molecule has 2 aromatic heterocycles. The third kappa shape index (κ3) is 7.80. The lowest BCUT2D eigenvalue weighted by Gasteiger charge is -2.33. The van der Waals surface area contributed by atoms with E-state index in [1.165, 1.54) is 24.5 Å². The van der Waals surface area contributed by atoms with Gasteiger partial charge in [0, 0.05) is 74.3 Å². The Morgan fingerprint density at radius 3 is 2.63 bits per heavy atom. The Kier molecular flexibility index (Phi) is 9.84. The number of piperazine rings is 1. The van der Waals surface area contributed by atoms with E-state index in [4.69, 9.17) is 10.8 Å². The predicted octanol–water partition coefficient (Wildman–Crippen LogP) is 4.62. The monoisotopic (exact) mass is 628 g/mol. The summed E-state index contributed by atoms with van der Waals surface area (Å²) in [5.41, 5.74) is 8.54. The molecule has 3 N–H and O–H groups in total. The second kappa shape index (κ2) is 14.0. The molecule has 1 aromatic carbocycles. The van der Waals surface area contributed by atoms with Crippen LogP contribution in [0.15, 0.2) is 84.1 Å². The first-order chi connectivity index (χ1) is 22.0. The molecule has 5 rings (SSSR count). The van der Waals surface area contributed by atoms with Gasteiger partial charge in [-0.15, -0.1) is 0 Å². The number of pyridine rings is 2. The third-order valence-corrected chi connectivity index (χ3v) is 7.83. The molecule has 2 aliphatic heterocycles. The Morgan fingerprint density at radius 2 is 1.93 bits per heavy atom. The lowest BCUT2D eigenvalue weighted by molar-refractivity contribution is -0.138. The fourth-order valence-corrected chi connectivity index (χ4v) is 5.09. The summed E-state index contributed by atoms with van der Waals surface area (Å²) < 4.78 is 42.2. The minimum Gasteiger partial charge on any atom is -0.402 e. The molecular formula is C34H35F3N8O. The first-order valence-electron chi connectivity index (χ1n) is 14.8. The Hall–Kier alpha value is -4.99. The number of halogens is 3. The molecule has 238 valence electrons. The van der Waals surface area contributed by atoms with Crippen molar-refractivity contribution in [1.82, 2.24) is 24.8 Å². The lowest BCUT2D eigenvalue weighted by atomic mass is 10.0. The number of carbonyl (C=O) groups excluding carboxylic acids is 1. The van der Waals surface area contributed by atoms with Crippen molar-refractivity contribution in [3.63, 3.8) is 0 Å². The number of hydrogen-bond donors (Lipinski definition) is 2. The summed E-state index contributed by atoms with van der Waals surface area (Å²) in [6.07, 6.45) is 5.44. The molecule has 1 unspecified atom stereocenters. The zero-order chi connectivity index (χ0) is 32.8.